The largest absolute Gasteiger partial charge is 0.611 e. The molecule has 2 fully saturated rings. The summed E-state index contributed by atoms with van der Waals surface area (Å²) in [5.74, 6) is -1.43. The number of hydrogen-bond donors (Lipinski definition) is 2. The van der Waals surface area contributed by atoms with Gasteiger partial charge in [-0.05, 0) is 51.1 Å². The number of rotatable bonds is 10. The van der Waals surface area contributed by atoms with Crippen molar-refractivity contribution in [1.82, 2.24) is 10.3 Å². The number of likely N-dealkylation sites (N-methyl/N-ethyl adjacent to an activating group) is 1. The Morgan fingerprint density at radius 3 is 2.46 bits per heavy atom. The van der Waals surface area contributed by atoms with Crippen LogP contribution in [0, 0.1) is 5.92 Å². The SMILES string of the molecule is CC(C)C[C@H](CC(=O)[C@@H](NC(=O)c1cccc(-c2ccccc2)n1)[C@@H](C)O)[B-]12OC(=O)C[N+]1(C)[C@H](C)[C@@H](C)O2. The van der Waals surface area contributed by atoms with Gasteiger partial charge in [0.15, 0.2) is 5.78 Å². The Labute approximate surface area is 230 Å². The molecular formula is C29H40BN3O6. The van der Waals surface area contributed by atoms with Gasteiger partial charge in [-0.3, -0.25) is 14.4 Å². The second-order valence-electron chi connectivity index (χ2n) is 11.8. The van der Waals surface area contributed by atoms with Crippen molar-refractivity contribution in [3.05, 3.63) is 54.2 Å². The molecule has 0 spiro atoms. The van der Waals surface area contributed by atoms with E-state index in [1.54, 1.807) is 12.1 Å². The molecule has 2 unspecified atom stereocenters. The molecule has 0 saturated carbocycles. The zero-order valence-electron chi connectivity index (χ0n) is 23.7. The molecule has 2 N–H and O–H groups in total. The third-order valence-corrected chi connectivity index (χ3v) is 8.61. The number of hydrogen-bond acceptors (Lipinski definition) is 7. The molecule has 10 heteroatoms. The number of aromatic nitrogens is 1. The van der Waals surface area contributed by atoms with Crippen LogP contribution in [0.2, 0.25) is 5.82 Å². The molecular weight excluding hydrogens is 497 g/mol. The van der Waals surface area contributed by atoms with E-state index in [0.717, 1.165) is 5.56 Å². The maximum Gasteiger partial charge on any atom is 0.531 e. The fourth-order valence-electron chi connectivity index (χ4n) is 6.39. The summed E-state index contributed by atoms with van der Waals surface area (Å²) in [4.78, 5) is 44.0. The first kappa shape index (κ1) is 28.9. The summed E-state index contributed by atoms with van der Waals surface area (Å²) in [6.45, 7) is 7.60. The lowest BCUT2D eigenvalue weighted by molar-refractivity contribution is -0.824. The first-order valence-corrected chi connectivity index (χ1v) is 13.8. The van der Waals surface area contributed by atoms with Crippen LogP contribution in [0.4, 0.5) is 0 Å². The fraction of sp³-hybridized carbons (Fsp3) is 0.517. The second kappa shape index (κ2) is 11.2. The van der Waals surface area contributed by atoms with Gasteiger partial charge in [0.05, 0.1) is 23.9 Å². The lowest BCUT2D eigenvalue weighted by Crippen LogP contribution is -2.65. The Bertz CT molecular complexity index is 1220. The van der Waals surface area contributed by atoms with E-state index in [-0.39, 0.29) is 48.5 Å². The molecule has 3 heterocycles. The summed E-state index contributed by atoms with van der Waals surface area (Å²) in [6, 6.07) is 13.4. The highest BCUT2D eigenvalue weighted by Gasteiger charge is 2.69. The van der Waals surface area contributed by atoms with Gasteiger partial charge in [0.25, 0.3) is 5.91 Å². The topological polar surface area (TPSA) is 115 Å². The summed E-state index contributed by atoms with van der Waals surface area (Å²) in [7, 11) is 1.97. The van der Waals surface area contributed by atoms with Crippen molar-refractivity contribution in [1.29, 1.82) is 0 Å². The van der Waals surface area contributed by atoms with Crippen LogP contribution < -0.4 is 5.32 Å². The summed E-state index contributed by atoms with van der Waals surface area (Å²) in [5.41, 5.74) is 1.64. The minimum Gasteiger partial charge on any atom is -0.611 e. The first-order valence-electron chi connectivity index (χ1n) is 13.8. The quantitative estimate of drug-likeness (QED) is 0.447. The van der Waals surface area contributed by atoms with Crippen molar-refractivity contribution in [2.24, 2.45) is 5.92 Å². The van der Waals surface area contributed by atoms with Crippen LogP contribution in [0.25, 0.3) is 11.3 Å². The van der Waals surface area contributed by atoms with E-state index in [0.29, 0.717) is 16.5 Å². The molecule has 2 saturated heterocycles. The Morgan fingerprint density at radius 2 is 1.82 bits per heavy atom. The molecule has 210 valence electrons. The van der Waals surface area contributed by atoms with Gasteiger partial charge in [-0.25, -0.2) is 4.98 Å². The molecule has 0 aliphatic carbocycles. The number of carbonyl (C=O) groups is 3. The molecule has 7 atom stereocenters. The van der Waals surface area contributed by atoms with Gasteiger partial charge in [0.1, 0.15) is 18.3 Å². The number of benzene rings is 1. The van der Waals surface area contributed by atoms with E-state index in [1.807, 2.05) is 71.1 Å². The van der Waals surface area contributed by atoms with Gasteiger partial charge in [0.2, 0.25) is 0 Å². The molecule has 39 heavy (non-hydrogen) atoms. The maximum absolute atomic E-state index is 13.7. The molecule has 0 radical (unpaired) electrons. The van der Waals surface area contributed by atoms with Gasteiger partial charge < -0.3 is 24.1 Å². The molecule has 1 aromatic heterocycles. The van der Waals surface area contributed by atoms with Gasteiger partial charge in [-0.1, -0.05) is 56.7 Å². The molecule has 2 aliphatic rings. The smallest absolute Gasteiger partial charge is 0.531 e. The molecule has 1 amide bonds. The average Bonchev–Trinajstić information content (AvgIpc) is 3.25. The Morgan fingerprint density at radius 1 is 1.13 bits per heavy atom. The van der Waals surface area contributed by atoms with Gasteiger partial charge in [-0.2, -0.15) is 0 Å². The van der Waals surface area contributed by atoms with E-state index in [4.69, 9.17) is 9.31 Å². The maximum atomic E-state index is 13.7. The third kappa shape index (κ3) is 5.51. The van der Waals surface area contributed by atoms with Crippen LogP contribution in [0.15, 0.2) is 48.5 Å². The van der Waals surface area contributed by atoms with Crippen molar-refractivity contribution in [2.45, 2.75) is 77.6 Å². The summed E-state index contributed by atoms with van der Waals surface area (Å²) < 4.78 is 12.7. The molecule has 2 aromatic rings. The standard InChI is InChI=1S/C29H40BN3O6/c1-18(2)15-23(30-33(6,17-27(36)39-30)19(3)21(5)38-30)16-26(35)28(20(4)34)32-29(37)25-14-10-13-24(31-25)22-11-8-7-9-12-22/h7-14,18-21,23,28,34H,15-17H2,1-6H3,(H,32,37)/t19-,20-,21-,23-,28+,30?,33?/m1/s1. The van der Waals surface area contributed by atoms with E-state index >= 15 is 0 Å². The number of quaternary nitrogens is 1. The van der Waals surface area contributed by atoms with Crippen molar-refractivity contribution in [3.63, 3.8) is 0 Å². The number of nitrogens with zero attached hydrogens (tertiary/aromatic N) is 2. The van der Waals surface area contributed by atoms with E-state index in [9.17, 15) is 19.5 Å². The summed E-state index contributed by atoms with van der Waals surface area (Å²) >= 11 is 0. The predicted octanol–water partition coefficient (Wildman–Crippen LogP) is 3.35. The predicted molar refractivity (Wildman–Crippen MR) is 148 cm³/mol. The van der Waals surface area contributed by atoms with Crippen LogP contribution in [0.3, 0.4) is 0 Å². The molecule has 9 nitrogen and oxygen atoms in total. The molecule has 1 aromatic carbocycles. The van der Waals surface area contributed by atoms with Crippen LogP contribution >= 0.6 is 0 Å². The Kier molecular flexibility index (Phi) is 8.30. The fourth-order valence-corrected chi connectivity index (χ4v) is 6.39. The van der Waals surface area contributed by atoms with Gasteiger partial charge in [-0.15, -0.1) is 0 Å². The van der Waals surface area contributed by atoms with Crippen LogP contribution in [0.1, 0.15) is 57.9 Å². The number of fused-ring (bicyclic) bond motifs is 1. The number of pyridine rings is 1. The van der Waals surface area contributed by atoms with Crippen LogP contribution in [-0.2, 0) is 18.9 Å². The monoisotopic (exact) mass is 537 g/mol. The minimum atomic E-state index is -2.17. The summed E-state index contributed by atoms with van der Waals surface area (Å²) in [6.07, 6.45) is -0.708. The van der Waals surface area contributed by atoms with Crippen LogP contribution in [-0.4, -0.2) is 76.7 Å². The highest BCUT2D eigenvalue weighted by molar-refractivity contribution is 6.65. The molecule has 2 aliphatic heterocycles. The number of aliphatic hydroxyl groups is 1. The van der Waals surface area contributed by atoms with Gasteiger partial charge >= 0.3 is 12.7 Å². The molecule has 0 bridgehead atoms. The van der Waals surface area contributed by atoms with Crippen molar-refractivity contribution >= 4 is 24.3 Å². The number of ketones is 1. The van der Waals surface area contributed by atoms with E-state index < -0.39 is 30.6 Å². The zero-order valence-corrected chi connectivity index (χ0v) is 23.7. The third-order valence-electron chi connectivity index (χ3n) is 8.61. The van der Waals surface area contributed by atoms with E-state index in [1.165, 1.54) is 6.92 Å². The second-order valence-corrected chi connectivity index (χ2v) is 11.8. The summed E-state index contributed by atoms with van der Waals surface area (Å²) in [5, 5.41) is 13.3. The lowest BCUT2D eigenvalue weighted by Gasteiger charge is -2.48. The number of amides is 1. The van der Waals surface area contributed by atoms with E-state index in [2.05, 4.69) is 10.3 Å². The molecule has 4 rings (SSSR count). The lowest BCUT2D eigenvalue weighted by atomic mass is 9.51. The zero-order chi connectivity index (χ0) is 28.5. The number of Topliss-reactive ketones (excluding diaryl/α,β-unsaturated/α-hetero) is 1. The Balaban J connectivity index is 1.57. The van der Waals surface area contributed by atoms with Gasteiger partial charge in [0, 0.05) is 12.6 Å². The first-order chi connectivity index (χ1) is 18.4. The van der Waals surface area contributed by atoms with Crippen molar-refractivity contribution in [3.8, 4) is 11.3 Å². The number of carbonyl (C=O) groups excluding carboxylic acids is 3. The Hall–Kier alpha value is -3.08. The normalized spacial score (nSPS) is 28.5. The van der Waals surface area contributed by atoms with Crippen molar-refractivity contribution in [2.75, 3.05) is 13.6 Å². The van der Waals surface area contributed by atoms with Crippen LogP contribution in [0.5, 0.6) is 0 Å². The van der Waals surface area contributed by atoms with Crippen molar-refractivity contribution < 1.29 is 33.2 Å². The average molecular weight is 537 g/mol. The highest BCUT2D eigenvalue weighted by atomic mass is 16.7. The highest BCUT2D eigenvalue weighted by Crippen LogP contribution is 2.50. The number of nitrogens with one attached hydrogen (secondary N) is 1. The number of aliphatic hydroxyl groups excluding tert-OH is 1. The minimum absolute atomic E-state index is 0.00787.